The molecule has 1 heterocycles. The molecule has 0 aromatic heterocycles. The minimum atomic E-state index is -0.723. The summed E-state index contributed by atoms with van der Waals surface area (Å²) in [6, 6.07) is 0. The number of hydrogen-bond donors (Lipinski definition) is 1. The van der Waals surface area contributed by atoms with E-state index in [-0.39, 0.29) is 17.7 Å². The lowest BCUT2D eigenvalue weighted by Gasteiger charge is -2.37. The van der Waals surface area contributed by atoms with Gasteiger partial charge in [0, 0.05) is 19.0 Å². The molecule has 3 fully saturated rings. The molecule has 2 aliphatic carbocycles. The van der Waals surface area contributed by atoms with Gasteiger partial charge in [-0.1, -0.05) is 25.7 Å². The number of rotatable bonds is 2. The van der Waals surface area contributed by atoms with Crippen molar-refractivity contribution in [1.29, 1.82) is 0 Å². The highest BCUT2D eigenvalue weighted by atomic mass is 16.4. The Morgan fingerprint density at radius 3 is 2.26 bits per heavy atom. The zero-order valence-electron chi connectivity index (χ0n) is 14.3. The van der Waals surface area contributed by atoms with Crippen molar-refractivity contribution in [2.24, 2.45) is 17.3 Å². The van der Waals surface area contributed by atoms with Gasteiger partial charge in [0.05, 0.1) is 5.92 Å². The molecule has 1 amide bonds. The van der Waals surface area contributed by atoms with Crippen LogP contribution in [0.25, 0.3) is 0 Å². The average molecular weight is 321 g/mol. The molecule has 0 aromatic rings. The SMILES string of the molecule is O=C(O)C1CCCC(C(=O)N2CCCC3(CCCCC3)CC2)C1. The third kappa shape index (κ3) is 3.89. The Bertz CT molecular complexity index is 442. The largest absolute Gasteiger partial charge is 0.481 e. The topological polar surface area (TPSA) is 57.6 Å². The van der Waals surface area contributed by atoms with Crippen LogP contribution in [0, 0.1) is 17.3 Å². The van der Waals surface area contributed by atoms with Crippen molar-refractivity contribution in [3.05, 3.63) is 0 Å². The summed E-state index contributed by atoms with van der Waals surface area (Å²) in [6.45, 7) is 1.78. The van der Waals surface area contributed by atoms with Crippen LogP contribution in [0.3, 0.4) is 0 Å². The molecule has 1 spiro atoms. The summed E-state index contributed by atoms with van der Waals surface area (Å²) in [5, 5.41) is 9.23. The first-order chi connectivity index (χ1) is 11.1. The van der Waals surface area contributed by atoms with E-state index >= 15 is 0 Å². The summed E-state index contributed by atoms with van der Waals surface area (Å²) in [5.41, 5.74) is 0.503. The quantitative estimate of drug-likeness (QED) is 0.840. The Labute approximate surface area is 139 Å². The van der Waals surface area contributed by atoms with Crippen molar-refractivity contribution in [1.82, 2.24) is 4.90 Å². The third-order valence-electron chi connectivity index (χ3n) is 6.65. The predicted molar refractivity (Wildman–Crippen MR) is 89.0 cm³/mol. The molecule has 3 aliphatic rings. The van der Waals surface area contributed by atoms with Crippen LogP contribution < -0.4 is 0 Å². The molecular weight excluding hydrogens is 290 g/mol. The minimum Gasteiger partial charge on any atom is -0.481 e. The van der Waals surface area contributed by atoms with Crippen molar-refractivity contribution in [2.75, 3.05) is 13.1 Å². The van der Waals surface area contributed by atoms with E-state index in [0.29, 0.717) is 11.8 Å². The maximum absolute atomic E-state index is 12.9. The Morgan fingerprint density at radius 1 is 0.826 bits per heavy atom. The van der Waals surface area contributed by atoms with Crippen molar-refractivity contribution < 1.29 is 14.7 Å². The zero-order valence-corrected chi connectivity index (χ0v) is 14.3. The monoisotopic (exact) mass is 321 g/mol. The lowest BCUT2D eigenvalue weighted by Crippen LogP contribution is -2.40. The molecule has 0 aromatic carbocycles. The van der Waals surface area contributed by atoms with E-state index in [0.717, 1.165) is 45.2 Å². The van der Waals surface area contributed by atoms with Gasteiger partial charge in [-0.25, -0.2) is 0 Å². The van der Waals surface area contributed by atoms with Crippen molar-refractivity contribution in [3.8, 4) is 0 Å². The standard InChI is InChI=1S/C19H31NO3/c21-17(15-6-4-7-16(14-15)18(22)23)20-12-5-10-19(11-13-20)8-2-1-3-9-19/h15-16H,1-14H2,(H,22,23). The van der Waals surface area contributed by atoms with E-state index < -0.39 is 5.97 Å². The number of carbonyl (C=O) groups is 2. The second-order valence-electron chi connectivity index (χ2n) is 8.14. The van der Waals surface area contributed by atoms with Crippen LogP contribution in [0.2, 0.25) is 0 Å². The number of carboxylic acid groups (broad SMARTS) is 1. The highest BCUT2D eigenvalue weighted by molar-refractivity contribution is 5.80. The van der Waals surface area contributed by atoms with Gasteiger partial charge < -0.3 is 10.0 Å². The minimum absolute atomic E-state index is 0.0507. The van der Waals surface area contributed by atoms with Gasteiger partial charge in [-0.3, -0.25) is 9.59 Å². The van der Waals surface area contributed by atoms with Crippen molar-refractivity contribution >= 4 is 11.9 Å². The molecule has 23 heavy (non-hydrogen) atoms. The molecule has 0 radical (unpaired) electrons. The number of carboxylic acids is 1. The number of carbonyl (C=O) groups excluding carboxylic acids is 1. The molecule has 130 valence electrons. The summed E-state index contributed by atoms with van der Waals surface area (Å²) in [5.74, 6) is -0.844. The molecule has 2 saturated carbocycles. The van der Waals surface area contributed by atoms with Crippen LogP contribution in [0.1, 0.15) is 77.0 Å². The molecule has 3 rings (SSSR count). The number of nitrogens with zero attached hydrogens (tertiary/aromatic N) is 1. The van der Waals surface area contributed by atoms with Gasteiger partial charge in [0.2, 0.25) is 5.91 Å². The average Bonchev–Trinajstić information content (AvgIpc) is 2.78. The van der Waals surface area contributed by atoms with Crippen molar-refractivity contribution in [2.45, 2.75) is 77.0 Å². The van der Waals surface area contributed by atoms with Crippen LogP contribution in [0.15, 0.2) is 0 Å². The second kappa shape index (κ2) is 7.23. The van der Waals surface area contributed by atoms with Gasteiger partial charge in [-0.2, -0.15) is 0 Å². The van der Waals surface area contributed by atoms with Gasteiger partial charge in [0.1, 0.15) is 0 Å². The molecule has 1 aliphatic heterocycles. The number of aliphatic carboxylic acids is 1. The van der Waals surface area contributed by atoms with Gasteiger partial charge >= 0.3 is 5.97 Å². The third-order valence-corrected chi connectivity index (χ3v) is 6.65. The maximum atomic E-state index is 12.9. The van der Waals surface area contributed by atoms with E-state index in [9.17, 15) is 14.7 Å². The van der Waals surface area contributed by atoms with E-state index in [1.54, 1.807) is 0 Å². The lowest BCUT2D eigenvalue weighted by atomic mass is 9.69. The summed E-state index contributed by atoms with van der Waals surface area (Å²) < 4.78 is 0. The summed E-state index contributed by atoms with van der Waals surface area (Å²) in [7, 11) is 0. The molecule has 1 saturated heterocycles. The smallest absolute Gasteiger partial charge is 0.306 e. The molecule has 4 nitrogen and oxygen atoms in total. The normalized spacial score (nSPS) is 31.6. The number of hydrogen-bond acceptors (Lipinski definition) is 2. The Morgan fingerprint density at radius 2 is 1.52 bits per heavy atom. The maximum Gasteiger partial charge on any atom is 0.306 e. The first-order valence-electron chi connectivity index (χ1n) is 9.61. The zero-order chi connectivity index (χ0) is 16.3. The summed E-state index contributed by atoms with van der Waals surface area (Å²) in [4.78, 5) is 26.2. The number of likely N-dealkylation sites (tertiary alicyclic amines) is 1. The van der Waals surface area contributed by atoms with E-state index in [2.05, 4.69) is 4.90 Å². The van der Waals surface area contributed by atoms with Crippen LogP contribution in [0.5, 0.6) is 0 Å². The molecule has 1 N–H and O–H groups in total. The first kappa shape index (κ1) is 16.8. The van der Waals surface area contributed by atoms with Crippen LogP contribution >= 0.6 is 0 Å². The highest BCUT2D eigenvalue weighted by Crippen LogP contribution is 2.44. The predicted octanol–water partition coefficient (Wildman–Crippen LogP) is 3.84. The van der Waals surface area contributed by atoms with Gasteiger partial charge in [-0.15, -0.1) is 0 Å². The fourth-order valence-electron chi connectivity index (χ4n) is 5.17. The fraction of sp³-hybridized carbons (Fsp3) is 0.895. The number of amides is 1. The molecule has 0 bridgehead atoms. The summed E-state index contributed by atoms with van der Waals surface area (Å²) in [6.07, 6.45) is 13.4. The van der Waals surface area contributed by atoms with Crippen LogP contribution in [-0.2, 0) is 9.59 Å². The van der Waals surface area contributed by atoms with Gasteiger partial charge in [0.15, 0.2) is 0 Å². The fourth-order valence-corrected chi connectivity index (χ4v) is 5.17. The Balaban J connectivity index is 1.58. The van der Waals surface area contributed by atoms with Crippen LogP contribution in [-0.4, -0.2) is 35.0 Å². The first-order valence-corrected chi connectivity index (χ1v) is 9.61. The molecule has 2 unspecified atom stereocenters. The molecular formula is C19H31NO3. The van der Waals surface area contributed by atoms with E-state index in [4.69, 9.17) is 0 Å². The van der Waals surface area contributed by atoms with Crippen molar-refractivity contribution in [3.63, 3.8) is 0 Å². The van der Waals surface area contributed by atoms with Crippen LogP contribution in [0.4, 0.5) is 0 Å². The molecule has 2 atom stereocenters. The highest BCUT2D eigenvalue weighted by Gasteiger charge is 2.37. The molecule has 4 heteroatoms. The Hall–Kier alpha value is -1.06. The van der Waals surface area contributed by atoms with Gasteiger partial charge in [0.25, 0.3) is 0 Å². The van der Waals surface area contributed by atoms with Gasteiger partial charge in [-0.05, 0) is 56.8 Å². The lowest BCUT2D eigenvalue weighted by molar-refractivity contribution is -0.145. The second-order valence-corrected chi connectivity index (χ2v) is 8.14. The van der Waals surface area contributed by atoms with E-state index in [1.807, 2.05) is 0 Å². The Kier molecular flexibility index (Phi) is 5.27. The van der Waals surface area contributed by atoms with E-state index in [1.165, 1.54) is 38.5 Å². The summed E-state index contributed by atoms with van der Waals surface area (Å²) >= 11 is 0.